The molecule has 0 spiro atoms. The SMILES string of the molecule is O=c1oc2cc3ccccc3cc2c([O-])c1-[n+]1ccccc1. The summed E-state index contributed by atoms with van der Waals surface area (Å²) in [6.07, 6.45) is 3.31. The van der Waals surface area contributed by atoms with E-state index in [0.717, 1.165) is 10.8 Å². The fraction of sp³-hybridized carbons (Fsp3) is 0. The molecular formula is C18H11NO3. The fourth-order valence-electron chi connectivity index (χ4n) is 2.62. The van der Waals surface area contributed by atoms with Gasteiger partial charge in [-0.3, -0.25) is 0 Å². The van der Waals surface area contributed by atoms with Gasteiger partial charge in [-0.25, -0.2) is 4.79 Å². The lowest BCUT2D eigenvalue weighted by atomic mass is 10.1. The lowest BCUT2D eigenvalue weighted by Crippen LogP contribution is -2.36. The van der Waals surface area contributed by atoms with Crippen molar-refractivity contribution in [1.29, 1.82) is 0 Å². The van der Waals surface area contributed by atoms with Gasteiger partial charge in [-0.15, -0.1) is 0 Å². The molecule has 0 unspecified atom stereocenters. The Bertz CT molecular complexity index is 1050. The van der Waals surface area contributed by atoms with Crippen LogP contribution in [-0.2, 0) is 0 Å². The molecule has 0 aliphatic rings. The number of rotatable bonds is 1. The quantitative estimate of drug-likeness (QED) is 0.307. The minimum absolute atomic E-state index is 0.00313. The zero-order chi connectivity index (χ0) is 15.1. The van der Waals surface area contributed by atoms with Crippen molar-refractivity contribution in [2.45, 2.75) is 0 Å². The zero-order valence-corrected chi connectivity index (χ0v) is 11.5. The minimum Gasteiger partial charge on any atom is -0.867 e. The van der Waals surface area contributed by atoms with Crippen LogP contribution in [0.25, 0.3) is 27.4 Å². The van der Waals surface area contributed by atoms with Crippen LogP contribution in [0.4, 0.5) is 0 Å². The molecule has 2 heterocycles. The summed E-state index contributed by atoms with van der Waals surface area (Å²) in [4.78, 5) is 12.2. The topological polar surface area (TPSA) is 57.1 Å². The van der Waals surface area contributed by atoms with E-state index in [9.17, 15) is 9.90 Å². The molecule has 0 fully saturated rings. The second-order valence-electron chi connectivity index (χ2n) is 5.05. The van der Waals surface area contributed by atoms with Crippen molar-refractivity contribution in [3.63, 3.8) is 0 Å². The van der Waals surface area contributed by atoms with Crippen LogP contribution in [0.3, 0.4) is 0 Å². The number of fused-ring (bicyclic) bond motifs is 2. The first-order chi connectivity index (χ1) is 10.7. The van der Waals surface area contributed by atoms with Crippen molar-refractivity contribution in [3.05, 3.63) is 77.4 Å². The highest BCUT2D eigenvalue weighted by molar-refractivity contribution is 5.98. The van der Waals surface area contributed by atoms with Gasteiger partial charge in [0.1, 0.15) is 5.58 Å². The summed E-state index contributed by atoms with van der Waals surface area (Å²) < 4.78 is 6.85. The van der Waals surface area contributed by atoms with Crippen LogP contribution in [-0.4, -0.2) is 0 Å². The highest BCUT2D eigenvalue weighted by atomic mass is 16.4. The van der Waals surface area contributed by atoms with Crippen molar-refractivity contribution in [2.24, 2.45) is 0 Å². The van der Waals surface area contributed by atoms with E-state index in [2.05, 4.69) is 0 Å². The Hall–Kier alpha value is -3.14. The zero-order valence-electron chi connectivity index (χ0n) is 11.5. The molecule has 4 rings (SSSR count). The van der Waals surface area contributed by atoms with Crippen LogP contribution in [0, 0.1) is 0 Å². The number of pyridine rings is 1. The van der Waals surface area contributed by atoms with E-state index in [0.29, 0.717) is 11.0 Å². The third kappa shape index (κ3) is 1.85. The van der Waals surface area contributed by atoms with Gasteiger partial charge in [-0.2, -0.15) is 4.57 Å². The average Bonchev–Trinajstić information content (AvgIpc) is 2.54. The lowest BCUT2D eigenvalue weighted by Gasteiger charge is -2.11. The predicted octanol–water partition coefficient (Wildman–Crippen LogP) is 2.30. The van der Waals surface area contributed by atoms with Crippen molar-refractivity contribution < 1.29 is 14.1 Å². The van der Waals surface area contributed by atoms with Crippen LogP contribution in [0.15, 0.2) is 76.2 Å². The van der Waals surface area contributed by atoms with Gasteiger partial charge in [0, 0.05) is 17.5 Å². The maximum Gasteiger partial charge on any atom is 0.408 e. The Morgan fingerprint density at radius 2 is 1.59 bits per heavy atom. The summed E-state index contributed by atoms with van der Waals surface area (Å²) in [6.45, 7) is 0. The number of hydrogen-bond acceptors (Lipinski definition) is 3. The molecule has 4 nitrogen and oxygen atoms in total. The third-order valence-electron chi connectivity index (χ3n) is 3.68. The van der Waals surface area contributed by atoms with Gasteiger partial charge in [0.2, 0.25) is 0 Å². The van der Waals surface area contributed by atoms with Gasteiger partial charge in [-0.1, -0.05) is 30.3 Å². The van der Waals surface area contributed by atoms with E-state index in [1.54, 1.807) is 36.7 Å². The predicted molar refractivity (Wildman–Crippen MR) is 81.0 cm³/mol. The first-order valence-electron chi connectivity index (χ1n) is 6.87. The van der Waals surface area contributed by atoms with Crippen LogP contribution in [0.1, 0.15) is 0 Å². The molecule has 0 amide bonds. The van der Waals surface area contributed by atoms with Crippen LogP contribution < -0.4 is 15.3 Å². The average molecular weight is 289 g/mol. The molecule has 0 radical (unpaired) electrons. The molecule has 2 aromatic carbocycles. The standard InChI is InChI=1S/C18H11NO3/c20-17-14-10-12-6-2-3-7-13(12)11-15(14)22-18(21)16(17)19-8-4-1-5-9-19/h1-11H. The first-order valence-corrected chi connectivity index (χ1v) is 6.87. The van der Waals surface area contributed by atoms with Crippen molar-refractivity contribution in [1.82, 2.24) is 0 Å². The largest absolute Gasteiger partial charge is 0.867 e. The summed E-state index contributed by atoms with van der Waals surface area (Å²) in [5, 5.41) is 15.0. The molecule has 22 heavy (non-hydrogen) atoms. The van der Waals surface area contributed by atoms with Crippen molar-refractivity contribution in [3.8, 4) is 11.4 Å². The molecule has 2 aromatic heterocycles. The van der Waals surface area contributed by atoms with Crippen LogP contribution >= 0.6 is 0 Å². The fourth-order valence-corrected chi connectivity index (χ4v) is 2.62. The molecule has 4 heteroatoms. The van der Waals surface area contributed by atoms with Gasteiger partial charge in [0.15, 0.2) is 12.4 Å². The molecule has 0 saturated carbocycles. The second kappa shape index (κ2) is 4.70. The van der Waals surface area contributed by atoms with Gasteiger partial charge in [0.25, 0.3) is 5.69 Å². The molecule has 0 aliphatic heterocycles. The smallest absolute Gasteiger partial charge is 0.408 e. The summed E-state index contributed by atoms with van der Waals surface area (Å²) in [5.41, 5.74) is -0.318. The normalized spacial score (nSPS) is 11.1. The van der Waals surface area contributed by atoms with E-state index < -0.39 is 5.63 Å². The molecular weight excluding hydrogens is 278 g/mol. The first kappa shape index (κ1) is 12.6. The summed E-state index contributed by atoms with van der Waals surface area (Å²) in [7, 11) is 0. The van der Waals surface area contributed by atoms with Gasteiger partial charge >= 0.3 is 5.63 Å². The number of benzene rings is 2. The Balaban J connectivity index is 2.12. The molecule has 0 atom stereocenters. The van der Waals surface area contributed by atoms with Gasteiger partial charge in [-0.05, 0) is 28.7 Å². The van der Waals surface area contributed by atoms with Crippen molar-refractivity contribution >= 4 is 21.7 Å². The molecule has 0 N–H and O–H groups in total. The van der Waals surface area contributed by atoms with E-state index in [-0.39, 0.29) is 11.4 Å². The second-order valence-corrected chi connectivity index (χ2v) is 5.05. The number of aromatic nitrogens is 1. The van der Waals surface area contributed by atoms with E-state index in [1.807, 2.05) is 30.3 Å². The highest BCUT2D eigenvalue weighted by Crippen LogP contribution is 2.28. The van der Waals surface area contributed by atoms with Gasteiger partial charge in [0.05, 0.1) is 0 Å². The Morgan fingerprint density at radius 3 is 2.32 bits per heavy atom. The Labute approximate surface area is 125 Å². The maximum absolute atomic E-state index is 12.7. The highest BCUT2D eigenvalue weighted by Gasteiger charge is 2.17. The summed E-state index contributed by atoms with van der Waals surface area (Å²) >= 11 is 0. The van der Waals surface area contributed by atoms with Crippen molar-refractivity contribution in [2.75, 3.05) is 0 Å². The Kier molecular flexibility index (Phi) is 2.69. The van der Waals surface area contributed by atoms with Crippen LogP contribution in [0.2, 0.25) is 0 Å². The maximum atomic E-state index is 12.7. The van der Waals surface area contributed by atoms with E-state index in [4.69, 9.17) is 4.42 Å². The molecule has 4 aromatic rings. The lowest BCUT2D eigenvalue weighted by molar-refractivity contribution is -0.601. The number of hydrogen-bond donors (Lipinski definition) is 0. The third-order valence-corrected chi connectivity index (χ3v) is 3.68. The van der Waals surface area contributed by atoms with Crippen LogP contribution in [0.5, 0.6) is 5.75 Å². The molecule has 0 saturated heterocycles. The summed E-state index contributed by atoms with van der Waals surface area (Å²) in [6, 6.07) is 16.5. The van der Waals surface area contributed by atoms with Gasteiger partial charge < -0.3 is 9.52 Å². The monoisotopic (exact) mass is 289 g/mol. The van der Waals surface area contributed by atoms with E-state index >= 15 is 0 Å². The Morgan fingerprint density at radius 1 is 0.909 bits per heavy atom. The molecule has 106 valence electrons. The minimum atomic E-state index is -0.635. The summed E-state index contributed by atoms with van der Waals surface area (Å²) in [5.74, 6) is -0.326. The number of nitrogens with zero attached hydrogens (tertiary/aromatic N) is 1. The molecule has 0 aliphatic carbocycles. The van der Waals surface area contributed by atoms with E-state index in [1.165, 1.54) is 4.57 Å². The molecule has 0 bridgehead atoms.